The van der Waals surface area contributed by atoms with Crippen molar-refractivity contribution in [1.82, 2.24) is 5.32 Å². The van der Waals surface area contributed by atoms with E-state index in [4.69, 9.17) is 0 Å². The Labute approximate surface area is 150 Å². The highest BCUT2D eigenvalue weighted by Gasteiger charge is 2.31. The number of nitrogens with zero attached hydrogens (tertiary/aromatic N) is 2. The fourth-order valence-corrected chi connectivity index (χ4v) is 2.95. The quantitative estimate of drug-likeness (QED) is 0.676. The molecule has 0 unspecified atom stereocenters. The zero-order valence-corrected chi connectivity index (χ0v) is 14.6. The third-order valence-corrected chi connectivity index (χ3v) is 4.60. The number of hydrogen-bond donors (Lipinski definition) is 1. The lowest BCUT2D eigenvalue weighted by Crippen LogP contribution is -2.37. The van der Waals surface area contributed by atoms with Crippen LogP contribution in [-0.2, 0) is 4.79 Å². The van der Waals surface area contributed by atoms with Crippen molar-refractivity contribution in [2.24, 2.45) is 0 Å². The zero-order valence-electron chi connectivity index (χ0n) is 14.6. The molecule has 0 spiro atoms. The maximum absolute atomic E-state index is 12.3. The second-order valence-electron chi connectivity index (χ2n) is 6.45. The first-order valence-corrected chi connectivity index (χ1v) is 8.28. The summed E-state index contributed by atoms with van der Waals surface area (Å²) in [6, 6.07) is 10.9. The molecule has 0 saturated carbocycles. The number of hydrogen-bond acceptors (Lipinski definition) is 4. The summed E-state index contributed by atoms with van der Waals surface area (Å²) in [4.78, 5) is 36.5. The van der Waals surface area contributed by atoms with E-state index < -0.39 is 4.92 Å². The van der Waals surface area contributed by atoms with E-state index in [0.717, 1.165) is 16.8 Å². The number of carbonyl (C=O) groups excluding carboxylic acids is 2. The molecule has 1 aliphatic heterocycles. The summed E-state index contributed by atoms with van der Waals surface area (Å²) in [5, 5.41) is 13.5. The van der Waals surface area contributed by atoms with Gasteiger partial charge >= 0.3 is 0 Å². The van der Waals surface area contributed by atoms with Crippen molar-refractivity contribution in [3.8, 4) is 0 Å². The molecule has 1 aliphatic rings. The van der Waals surface area contributed by atoms with E-state index in [1.54, 1.807) is 4.90 Å². The van der Waals surface area contributed by atoms with Crippen LogP contribution >= 0.6 is 0 Å². The molecule has 2 amide bonds. The highest BCUT2D eigenvalue weighted by Crippen LogP contribution is 2.24. The molecule has 1 N–H and O–H groups in total. The molecule has 0 radical (unpaired) electrons. The normalized spacial score (nSPS) is 16.6. The van der Waals surface area contributed by atoms with Gasteiger partial charge in [-0.25, -0.2) is 0 Å². The van der Waals surface area contributed by atoms with Gasteiger partial charge < -0.3 is 10.2 Å². The van der Waals surface area contributed by atoms with Crippen LogP contribution in [0.15, 0.2) is 42.5 Å². The Hall–Kier alpha value is -3.22. The second-order valence-corrected chi connectivity index (χ2v) is 6.45. The number of rotatable bonds is 4. The molecule has 1 fully saturated rings. The van der Waals surface area contributed by atoms with Crippen molar-refractivity contribution in [2.75, 3.05) is 11.4 Å². The minimum absolute atomic E-state index is 0.0396. The molecule has 0 aliphatic carbocycles. The fraction of sp³-hybridized carbons (Fsp3) is 0.263. The average molecular weight is 353 g/mol. The van der Waals surface area contributed by atoms with E-state index in [1.165, 1.54) is 24.3 Å². The standard InChI is InChI=1S/C19H19N3O4/c1-12-3-6-17(9-13(12)2)21-11-15(10-18(21)23)20-19(24)14-4-7-16(8-5-14)22(25)26/h3-9,15H,10-11H2,1-2H3,(H,20,24)/t15-/m0/s1. The summed E-state index contributed by atoms with van der Waals surface area (Å²) >= 11 is 0. The van der Waals surface area contributed by atoms with E-state index in [2.05, 4.69) is 5.32 Å². The van der Waals surface area contributed by atoms with Gasteiger partial charge in [-0.15, -0.1) is 0 Å². The number of carbonyl (C=O) groups is 2. The Bertz CT molecular complexity index is 877. The predicted octanol–water partition coefficient (Wildman–Crippen LogP) is 2.75. The number of non-ortho nitro benzene ring substituents is 1. The van der Waals surface area contributed by atoms with Crippen LogP contribution in [-0.4, -0.2) is 29.3 Å². The lowest BCUT2D eigenvalue weighted by Gasteiger charge is -2.18. The number of aryl methyl sites for hydroxylation is 2. The Balaban J connectivity index is 1.67. The summed E-state index contributed by atoms with van der Waals surface area (Å²) in [5.74, 6) is -0.387. The van der Waals surface area contributed by atoms with Crippen LogP contribution in [0.1, 0.15) is 27.9 Å². The number of anilines is 1. The third-order valence-electron chi connectivity index (χ3n) is 4.60. The predicted molar refractivity (Wildman–Crippen MR) is 97.2 cm³/mol. The maximum atomic E-state index is 12.3. The van der Waals surface area contributed by atoms with Gasteiger partial charge in [0.2, 0.25) is 5.91 Å². The van der Waals surface area contributed by atoms with Crippen LogP contribution in [0, 0.1) is 24.0 Å². The summed E-state index contributed by atoms with van der Waals surface area (Å²) in [7, 11) is 0. The van der Waals surface area contributed by atoms with E-state index in [0.29, 0.717) is 12.1 Å². The van der Waals surface area contributed by atoms with Crippen molar-refractivity contribution in [3.05, 3.63) is 69.3 Å². The largest absolute Gasteiger partial charge is 0.347 e. The summed E-state index contributed by atoms with van der Waals surface area (Å²) in [6.07, 6.45) is 0.228. The molecular weight excluding hydrogens is 334 g/mol. The lowest BCUT2D eigenvalue weighted by atomic mass is 10.1. The third kappa shape index (κ3) is 3.56. The lowest BCUT2D eigenvalue weighted by molar-refractivity contribution is -0.384. The Morgan fingerprint density at radius 3 is 2.46 bits per heavy atom. The van der Waals surface area contributed by atoms with Crippen molar-refractivity contribution >= 4 is 23.2 Å². The molecular formula is C19H19N3O4. The molecule has 0 aromatic heterocycles. The molecule has 2 aromatic carbocycles. The Morgan fingerprint density at radius 2 is 1.85 bits per heavy atom. The van der Waals surface area contributed by atoms with Gasteiger partial charge in [-0.2, -0.15) is 0 Å². The van der Waals surface area contributed by atoms with Crippen LogP contribution in [0.25, 0.3) is 0 Å². The second kappa shape index (κ2) is 6.95. The monoisotopic (exact) mass is 353 g/mol. The smallest absolute Gasteiger partial charge is 0.269 e. The number of nitro benzene ring substituents is 1. The molecule has 0 bridgehead atoms. The molecule has 1 atom stereocenters. The van der Waals surface area contributed by atoms with Crippen LogP contribution in [0.3, 0.4) is 0 Å². The molecule has 7 nitrogen and oxygen atoms in total. The van der Waals surface area contributed by atoms with Gasteiger partial charge in [0, 0.05) is 36.3 Å². The van der Waals surface area contributed by atoms with Crippen LogP contribution in [0.4, 0.5) is 11.4 Å². The molecule has 26 heavy (non-hydrogen) atoms. The molecule has 7 heteroatoms. The van der Waals surface area contributed by atoms with Crippen molar-refractivity contribution < 1.29 is 14.5 Å². The van der Waals surface area contributed by atoms with Crippen molar-refractivity contribution in [1.29, 1.82) is 0 Å². The highest BCUT2D eigenvalue weighted by atomic mass is 16.6. The van der Waals surface area contributed by atoms with E-state index in [-0.39, 0.29) is 30.0 Å². The molecule has 3 rings (SSSR count). The fourth-order valence-electron chi connectivity index (χ4n) is 2.95. The number of amides is 2. The van der Waals surface area contributed by atoms with E-state index in [1.807, 2.05) is 32.0 Å². The van der Waals surface area contributed by atoms with E-state index in [9.17, 15) is 19.7 Å². The average Bonchev–Trinajstić information content (AvgIpc) is 2.97. The first-order chi connectivity index (χ1) is 12.3. The molecule has 1 heterocycles. The van der Waals surface area contributed by atoms with Crippen molar-refractivity contribution in [3.63, 3.8) is 0 Å². The van der Waals surface area contributed by atoms with Gasteiger partial charge in [-0.05, 0) is 49.2 Å². The summed E-state index contributed by atoms with van der Waals surface area (Å²) in [5.41, 5.74) is 3.34. The summed E-state index contributed by atoms with van der Waals surface area (Å²) in [6.45, 7) is 4.41. The minimum atomic E-state index is -0.515. The van der Waals surface area contributed by atoms with Gasteiger partial charge in [0.15, 0.2) is 0 Å². The number of benzene rings is 2. The number of nitrogens with one attached hydrogen (secondary N) is 1. The van der Waals surface area contributed by atoms with Gasteiger partial charge in [0.25, 0.3) is 11.6 Å². The highest BCUT2D eigenvalue weighted by molar-refractivity contribution is 5.99. The summed E-state index contributed by atoms with van der Waals surface area (Å²) < 4.78 is 0. The topological polar surface area (TPSA) is 92.6 Å². The maximum Gasteiger partial charge on any atom is 0.269 e. The Morgan fingerprint density at radius 1 is 1.15 bits per heavy atom. The van der Waals surface area contributed by atoms with Gasteiger partial charge in [0.05, 0.1) is 11.0 Å². The van der Waals surface area contributed by atoms with Gasteiger partial charge in [-0.3, -0.25) is 19.7 Å². The first-order valence-electron chi connectivity index (χ1n) is 8.28. The first kappa shape index (κ1) is 17.6. The van der Waals surface area contributed by atoms with Crippen LogP contribution in [0.2, 0.25) is 0 Å². The van der Waals surface area contributed by atoms with Crippen LogP contribution < -0.4 is 10.2 Å². The van der Waals surface area contributed by atoms with E-state index >= 15 is 0 Å². The Kier molecular flexibility index (Phi) is 4.71. The minimum Gasteiger partial charge on any atom is -0.347 e. The van der Waals surface area contributed by atoms with Gasteiger partial charge in [0.1, 0.15) is 0 Å². The molecule has 1 saturated heterocycles. The molecule has 134 valence electrons. The van der Waals surface area contributed by atoms with Crippen molar-refractivity contribution in [2.45, 2.75) is 26.3 Å². The number of nitro groups is 1. The zero-order chi connectivity index (χ0) is 18.8. The molecule has 2 aromatic rings. The SMILES string of the molecule is Cc1ccc(N2C[C@@H](NC(=O)c3ccc([N+](=O)[O-])cc3)CC2=O)cc1C. The van der Waals surface area contributed by atoms with Crippen LogP contribution in [0.5, 0.6) is 0 Å². The van der Waals surface area contributed by atoms with Gasteiger partial charge in [-0.1, -0.05) is 6.07 Å².